The Bertz CT molecular complexity index is 451. The second kappa shape index (κ2) is 21.1. The van der Waals surface area contributed by atoms with Crippen LogP contribution in [0.25, 0.3) is 0 Å². The molecule has 0 aromatic carbocycles. The summed E-state index contributed by atoms with van der Waals surface area (Å²) < 4.78 is 0. The van der Waals surface area contributed by atoms with Crippen molar-refractivity contribution in [1.29, 1.82) is 0 Å². The lowest BCUT2D eigenvalue weighted by atomic mass is 9.97. The highest BCUT2D eigenvalue weighted by molar-refractivity contribution is 7.98. The average molecular weight is 392 g/mol. The number of hydrogen-bond donors (Lipinski definition) is 1. The molecule has 0 aromatic rings. The molecule has 2 N–H and O–H groups in total. The molecule has 27 heavy (non-hydrogen) atoms. The summed E-state index contributed by atoms with van der Waals surface area (Å²) in [6, 6.07) is 0. The third kappa shape index (κ3) is 19.3. The molecule has 0 bridgehead atoms. The van der Waals surface area contributed by atoms with Crippen LogP contribution < -0.4 is 5.73 Å². The number of carbonyl (C=O) groups excluding carboxylic acids is 1. The van der Waals surface area contributed by atoms with Gasteiger partial charge >= 0.3 is 0 Å². The zero-order valence-electron chi connectivity index (χ0n) is 17.6. The molecule has 2 nitrogen and oxygen atoms in total. The van der Waals surface area contributed by atoms with Gasteiger partial charge in [-0.1, -0.05) is 68.4 Å². The Morgan fingerprint density at radius 3 is 1.89 bits per heavy atom. The molecule has 3 heteroatoms. The van der Waals surface area contributed by atoms with Crippen molar-refractivity contribution in [3.8, 4) is 0 Å². The van der Waals surface area contributed by atoms with Crippen LogP contribution in [0.1, 0.15) is 77.6 Å². The Hall–Kier alpha value is -1.22. The van der Waals surface area contributed by atoms with Crippen molar-refractivity contribution in [3.05, 3.63) is 48.6 Å². The summed E-state index contributed by atoms with van der Waals surface area (Å²) in [6.07, 6.45) is 31.8. The molecular weight excluding hydrogens is 350 g/mol. The Kier molecular flexibility index (Phi) is 20.1. The highest BCUT2D eigenvalue weighted by Crippen LogP contribution is 2.15. The van der Waals surface area contributed by atoms with E-state index in [1.54, 1.807) is 0 Å². The van der Waals surface area contributed by atoms with Gasteiger partial charge < -0.3 is 5.73 Å². The maximum Gasteiger partial charge on any atom is 0.220 e. The van der Waals surface area contributed by atoms with Gasteiger partial charge in [0.25, 0.3) is 0 Å². The van der Waals surface area contributed by atoms with Crippen LogP contribution in [-0.4, -0.2) is 17.9 Å². The minimum Gasteiger partial charge on any atom is -0.369 e. The van der Waals surface area contributed by atoms with E-state index in [0.717, 1.165) is 50.7 Å². The number of rotatable bonds is 18. The Morgan fingerprint density at radius 2 is 1.37 bits per heavy atom. The Morgan fingerprint density at radius 1 is 0.815 bits per heavy atom. The van der Waals surface area contributed by atoms with E-state index < -0.39 is 0 Å². The van der Waals surface area contributed by atoms with E-state index in [4.69, 9.17) is 5.73 Å². The standard InChI is InChI=1S/C24H41NOS/c1-3-4-5-6-7-8-9-10-11-12-13-14-15-16-17-18-20-23(24(25)26)21-19-22-27-2/h7-8,10-11,13-14,16-17,23H,3-6,9,12,15,18-22H2,1-2H3,(H2,25,26). The monoisotopic (exact) mass is 391 g/mol. The summed E-state index contributed by atoms with van der Waals surface area (Å²) in [5.74, 6) is 0.990. The van der Waals surface area contributed by atoms with Crippen LogP contribution in [-0.2, 0) is 4.79 Å². The lowest BCUT2D eigenvalue weighted by molar-refractivity contribution is -0.122. The molecule has 1 unspecified atom stereocenters. The lowest BCUT2D eigenvalue weighted by Gasteiger charge is -2.11. The number of nitrogens with two attached hydrogens (primary N) is 1. The minimum absolute atomic E-state index is 0.0307. The number of hydrogen-bond acceptors (Lipinski definition) is 2. The van der Waals surface area contributed by atoms with Crippen molar-refractivity contribution in [2.75, 3.05) is 12.0 Å². The van der Waals surface area contributed by atoms with Crippen LogP contribution in [0.2, 0.25) is 0 Å². The van der Waals surface area contributed by atoms with Crippen LogP contribution in [0.15, 0.2) is 48.6 Å². The van der Waals surface area contributed by atoms with Gasteiger partial charge in [0.1, 0.15) is 0 Å². The first-order valence-corrected chi connectivity index (χ1v) is 12.0. The molecular formula is C24H41NOS. The summed E-state index contributed by atoms with van der Waals surface area (Å²) in [5.41, 5.74) is 5.49. The number of primary amides is 1. The fourth-order valence-electron chi connectivity index (χ4n) is 2.76. The van der Waals surface area contributed by atoms with Gasteiger partial charge in [-0.3, -0.25) is 4.79 Å². The molecule has 0 aliphatic rings. The van der Waals surface area contributed by atoms with Crippen molar-refractivity contribution in [2.24, 2.45) is 11.7 Å². The van der Waals surface area contributed by atoms with Gasteiger partial charge in [0.15, 0.2) is 0 Å². The summed E-state index contributed by atoms with van der Waals surface area (Å²) >= 11 is 1.82. The van der Waals surface area contributed by atoms with E-state index in [1.807, 2.05) is 11.8 Å². The van der Waals surface area contributed by atoms with E-state index in [1.165, 1.54) is 25.7 Å². The van der Waals surface area contributed by atoms with Crippen LogP contribution in [0.3, 0.4) is 0 Å². The number of allylic oxidation sites excluding steroid dienone is 8. The molecule has 0 aliphatic heterocycles. The van der Waals surface area contributed by atoms with Gasteiger partial charge in [0, 0.05) is 5.92 Å². The lowest BCUT2D eigenvalue weighted by Crippen LogP contribution is -2.23. The van der Waals surface area contributed by atoms with Gasteiger partial charge in [0.05, 0.1) is 0 Å². The fraction of sp³-hybridized carbons (Fsp3) is 0.625. The number of thioether (sulfide) groups is 1. The van der Waals surface area contributed by atoms with Crippen LogP contribution in [0, 0.1) is 5.92 Å². The molecule has 1 atom stereocenters. The van der Waals surface area contributed by atoms with Crippen LogP contribution >= 0.6 is 11.8 Å². The van der Waals surface area contributed by atoms with Gasteiger partial charge in [-0.25, -0.2) is 0 Å². The molecule has 0 aliphatic carbocycles. The van der Waals surface area contributed by atoms with Crippen molar-refractivity contribution in [3.63, 3.8) is 0 Å². The average Bonchev–Trinajstić information content (AvgIpc) is 2.66. The summed E-state index contributed by atoms with van der Waals surface area (Å²) in [7, 11) is 0. The fourth-order valence-corrected chi connectivity index (χ4v) is 3.22. The Balaban J connectivity index is 3.68. The van der Waals surface area contributed by atoms with E-state index in [0.29, 0.717) is 0 Å². The van der Waals surface area contributed by atoms with Crippen molar-refractivity contribution < 1.29 is 4.79 Å². The predicted octanol–water partition coefficient (Wildman–Crippen LogP) is 6.99. The summed E-state index contributed by atoms with van der Waals surface area (Å²) in [6.45, 7) is 2.24. The van der Waals surface area contributed by atoms with Gasteiger partial charge in [0.2, 0.25) is 5.91 Å². The number of amides is 1. The molecule has 0 fully saturated rings. The minimum atomic E-state index is -0.146. The smallest absolute Gasteiger partial charge is 0.220 e. The molecule has 1 amide bonds. The third-order valence-electron chi connectivity index (χ3n) is 4.44. The predicted molar refractivity (Wildman–Crippen MR) is 124 cm³/mol. The number of unbranched alkanes of at least 4 members (excludes halogenated alkanes) is 3. The maximum atomic E-state index is 11.5. The molecule has 154 valence electrons. The van der Waals surface area contributed by atoms with Gasteiger partial charge in [-0.05, 0) is 69.8 Å². The normalized spacial score (nSPS) is 13.6. The van der Waals surface area contributed by atoms with E-state index in [2.05, 4.69) is 61.8 Å². The SMILES string of the molecule is CCCCCC=CCC=CCC=CCC=CCCC(CCCSC)C(N)=O. The van der Waals surface area contributed by atoms with Crippen molar-refractivity contribution in [1.82, 2.24) is 0 Å². The van der Waals surface area contributed by atoms with Gasteiger partial charge in [-0.2, -0.15) is 11.8 Å². The molecule has 0 radical (unpaired) electrons. The van der Waals surface area contributed by atoms with Crippen LogP contribution in [0.4, 0.5) is 0 Å². The molecule has 0 spiro atoms. The van der Waals surface area contributed by atoms with E-state index >= 15 is 0 Å². The molecule has 0 rings (SSSR count). The highest BCUT2D eigenvalue weighted by Gasteiger charge is 2.13. The maximum absolute atomic E-state index is 11.5. The zero-order chi connectivity index (χ0) is 20.0. The quantitative estimate of drug-likeness (QED) is 0.202. The third-order valence-corrected chi connectivity index (χ3v) is 5.14. The van der Waals surface area contributed by atoms with Crippen molar-refractivity contribution >= 4 is 17.7 Å². The topological polar surface area (TPSA) is 43.1 Å². The van der Waals surface area contributed by atoms with Crippen molar-refractivity contribution in [2.45, 2.75) is 77.6 Å². The Labute approximate surface area is 172 Å². The first-order chi connectivity index (χ1) is 13.2. The number of carbonyl (C=O) groups is 1. The summed E-state index contributed by atoms with van der Waals surface area (Å²) in [4.78, 5) is 11.5. The highest BCUT2D eigenvalue weighted by atomic mass is 32.2. The molecule has 0 saturated heterocycles. The zero-order valence-corrected chi connectivity index (χ0v) is 18.4. The molecule has 0 heterocycles. The molecule has 0 aromatic heterocycles. The second-order valence-electron chi connectivity index (χ2n) is 6.90. The van der Waals surface area contributed by atoms with E-state index in [-0.39, 0.29) is 11.8 Å². The molecule has 0 saturated carbocycles. The second-order valence-corrected chi connectivity index (χ2v) is 7.89. The van der Waals surface area contributed by atoms with Crippen LogP contribution in [0.5, 0.6) is 0 Å². The van der Waals surface area contributed by atoms with Gasteiger partial charge in [-0.15, -0.1) is 0 Å². The first kappa shape index (κ1) is 25.8. The summed E-state index contributed by atoms with van der Waals surface area (Å²) in [5, 5.41) is 0. The van der Waals surface area contributed by atoms with E-state index in [9.17, 15) is 4.79 Å². The largest absolute Gasteiger partial charge is 0.369 e. The first-order valence-electron chi connectivity index (χ1n) is 10.6.